The van der Waals surface area contributed by atoms with Crippen molar-refractivity contribution in [3.05, 3.63) is 34.9 Å². The highest BCUT2D eigenvalue weighted by molar-refractivity contribution is 6.31. The first-order valence-corrected chi connectivity index (χ1v) is 6.54. The Bertz CT molecular complexity index is 316. The van der Waals surface area contributed by atoms with E-state index in [4.69, 9.17) is 23.2 Å². The first kappa shape index (κ1) is 11.3. The molecule has 15 heavy (non-hydrogen) atoms. The second-order valence-corrected chi connectivity index (χ2v) is 5.04. The van der Waals surface area contributed by atoms with Gasteiger partial charge in [0.25, 0.3) is 0 Å². The van der Waals surface area contributed by atoms with Crippen LogP contribution in [0, 0.1) is 5.92 Å². The van der Waals surface area contributed by atoms with Crippen molar-refractivity contribution in [2.45, 2.75) is 31.6 Å². The Hall–Kier alpha value is -0.200. The Balaban J connectivity index is 2.22. The van der Waals surface area contributed by atoms with E-state index in [0.717, 1.165) is 10.9 Å². The maximum Gasteiger partial charge on any atom is 0.0441 e. The minimum absolute atomic E-state index is 0.447. The van der Waals surface area contributed by atoms with Gasteiger partial charge in [0.2, 0.25) is 0 Å². The van der Waals surface area contributed by atoms with Crippen molar-refractivity contribution in [2.75, 3.05) is 5.88 Å². The molecular weight excluding hydrogens is 227 g/mol. The third-order valence-electron chi connectivity index (χ3n) is 3.44. The second kappa shape index (κ2) is 5.23. The monoisotopic (exact) mass is 242 g/mol. The number of rotatable bonds is 3. The highest BCUT2D eigenvalue weighted by Crippen LogP contribution is 2.40. The Kier molecular flexibility index (Phi) is 3.93. The molecule has 2 heteroatoms. The summed E-state index contributed by atoms with van der Waals surface area (Å²) >= 11 is 12.3. The summed E-state index contributed by atoms with van der Waals surface area (Å²) in [6.45, 7) is 0. The van der Waals surface area contributed by atoms with Crippen LogP contribution in [0.25, 0.3) is 0 Å². The molecule has 82 valence electrons. The summed E-state index contributed by atoms with van der Waals surface area (Å²) in [6, 6.07) is 8.11. The lowest BCUT2D eigenvalue weighted by atomic mass is 9.86. The highest BCUT2D eigenvalue weighted by Gasteiger charge is 2.26. The smallest absolute Gasteiger partial charge is 0.0441 e. The molecule has 0 nitrogen and oxygen atoms in total. The van der Waals surface area contributed by atoms with Gasteiger partial charge in [-0.05, 0) is 30.4 Å². The summed E-state index contributed by atoms with van der Waals surface area (Å²) in [5, 5.41) is 0.870. The normalized spacial score (nSPS) is 19.3. The molecule has 0 saturated heterocycles. The van der Waals surface area contributed by atoms with Crippen LogP contribution >= 0.6 is 23.2 Å². The van der Waals surface area contributed by atoms with Gasteiger partial charge in [0.1, 0.15) is 0 Å². The standard InChI is InChI=1S/C13H16Cl2/c14-9-12(10-5-1-2-6-10)11-7-3-4-8-13(11)15/h3-4,7-8,10,12H,1-2,5-6,9H2. The van der Waals surface area contributed by atoms with Gasteiger partial charge in [-0.3, -0.25) is 0 Å². The molecule has 0 radical (unpaired) electrons. The Labute approximate surface area is 102 Å². The summed E-state index contributed by atoms with van der Waals surface area (Å²) in [7, 11) is 0. The van der Waals surface area contributed by atoms with Crippen molar-refractivity contribution in [1.82, 2.24) is 0 Å². The Morgan fingerprint density at radius 1 is 1.20 bits per heavy atom. The number of hydrogen-bond acceptors (Lipinski definition) is 0. The molecule has 0 bridgehead atoms. The predicted molar refractivity (Wildman–Crippen MR) is 66.9 cm³/mol. The summed E-state index contributed by atoms with van der Waals surface area (Å²) in [5.74, 6) is 1.87. The Morgan fingerprint density at radius 2 is 1.87 bits per heavy atom. The molecule has 1 unspecified atom stereocenters. The lowest BCUT2D eigenvalue weighted by molar-refractivity contribution is 0.464. The quantitative estimate of drug-likeness (QED) is 0.665. The zero-order valence-corrected chi connectivity index (χ0v) is 10.3. The maximum absolute atomic E-state index is 6.22. The molecule has 0 spiro atoms. The molecule has 1 fully saturated rings. The first-order valence-electron chi connectivity index (χ1n) is 5.63. The predicted octanol–water partition coefficient (Wildman–Crippen LogP) is 4.85. The van der Waals surface area contributed by atoms with Gasteiger partial charge in [-0.25, -0.2) is 0 Å². The maximum atomic E-state index is 6.22. The molecule has 1 saturated carbocycles. The molecule has 1 aliphatic carbocycles. The van der Waals surface area contributed by atoms with Gasteiger partial charge in [0.05, 0.1) is 0 Å². The van der Waals surface area contributed by atoms with E-state index in [1.165, 1.54) is 31.2 Å². The van der Waals surface area contributed by atoms with E-state index in [2.05, 4.69) is 12.1 Å². The van der Waals surface area contributed by atoms with E-state index in [1.807, 2.05) is 12.1 Å². The van der Waals surface area contributed by atoms with Crippen LogP contribution in [0.3, 0.4) is 0 Å². The fourth-order valence-corrected chi connectivity index (χ4v) is 3.29. The van der Waals surface area contributed by atoms with Gasteiger partial charge < -0.3 is 0 Å². The van der Waals surface area contributed by atoms with Gasteiger partial charge in [0, 0.05) is 16.8 Å². The third-order valence-corrected chi connectivity index (χ3v) is 4.12. The van der Waals surface area contributed by atoms with Crippen molar-refractivity contribution in [3.8, 4) is 0 Å². The molecule has 1 aliphatic rings. The van der Waals surface area contributed by atoms with Crippen LogP contribution < -0.4 is 0 Å². The van der Waals surface area contributed by atoms with Crippen LogP contribution in [-0.4, -0.2) is 5.88 Å². The van der Waals surface area contributed by atoms with E-state index in [0.29, 0.717) is 11.8 Å². The van der Waals surface area contributed by atoms with E-state index in [9.17, 15) is 0 Å². The van der Waals surface area contributed by atoms with Gasteiger partial charge in [-0.15, -0.1) is 11.6 Å². The fourth-order valence-electron chi connectivity index (χ4n) is 2.60. The SMILES string of the molecule is ClCC(c1ccccc1Cl)C1CCCC1. The van der Waals surface area contributed by atoms with Gasteiger partial charge in [-0.1, -0.05) is 42.6 Å². The zero-order valence-electron chi connectivity index (χ0n) is 8.76. The molecule has 1 atom stereocenters. The van der Waals surface area contributed by atoms with Crippen LogP contribution in [0.2, 0.25) is 5.02 Å². The molecule has 0 heterocycles. The minimum atomic E-state index is 0.447. The first-order chi connectivity index (χ1) is 7.33. The van der Waals surface area contributed by atoms with Gasteiger partial charge in [0.15, 0.2) is 0 Å². The van der Waals surface area contributed by atoms with Crippen molar-refractivity contribution in [3.63, 3.8) is 0 Å². The van der Waals surface area contributed by atoms with Crippen molar-refractivity contribution < 1.29 is 0 Å². The van der Waals surface area contributed by atoms with Crippen LogP contribution in [0.1, 0.15) is 37.2 Å². The van der Waals surface area contributed by atoms with E-state index in [-0.39, 0.29) is 0 Å². The molecule has 1 aromatic rings. The van der Waals surface area contributed by atoms with Gasteiger partial charge in [-0.2, -0.15) is 0 Å². The zero-order chi connectivity index (χ0) is 10.7. The summed E-state index contributed by atoms with van der Waals surface area (Å²) in [5.41, 5.74) is 1.24. The van der Waals surface area contributed by atoms with E-state index < -0.39 is 0 Å². The van der Waals surface area contributed by atoms with E-state index >= 15 is 0 Å². The fraction of sp³-hybridized carbons (Fsp3) is 0.538. The highest BCUT2D eigenvalue weighted by atomic mass is 35.5. The molecule has 0 aromatic heterocycles. The van der Waals surface area contributed by atoms with Crippen LogP contribution in [0.15, 0.2) is 24.3 Å². The molecule has 0 amide bonds. The molecular formula is C13H16Cl2. The lowest BCUT2D eigenvalue weighted by Gasteiger charge is -2.22. The third kappa shape index (κ3) is 2.49. The Morgan fingerprint density at radius 3 is 2.47 bits per heavy atom. The number of benzene rings is 1. The van der Waals surface area contributed by atoms with E-state index in [1.54, 1.807) is 0 Å². The summed E-state index contributed by atoms with van der Waals surface area (Å²) in [4.78, 5) is 0. The molecule has 0 N–H and O–H groups in total. The van der Waals surface area contributed by atoms with Crippen LogP contribution in [0.5, 0.6) is 0 Å². The largest absolute Gasteiger partial charge is 0.126 e. The average molecular weight is 243 g/mol. The summed E-state index contributed by atoms with van der Waals surface area (Å²) < 4.78 is 0. The molecule has 1 aromatic carbocycles. The molecule has 0 aliphatic heterocycles. The van der Waals surface area contributed by atoms with Crippen molar-refractivity contribution in [1.29, 1.82) is 0 Å². The average Bonchev–Trinajstić information content (AvgIpc) is 2.75. The van der Waals surface area contributed by atoms with Crippen LogP contribution in [0.4, 0.5) is 0 Å². The number of halogens is 2. The van der Waals surface area contributed by atoms with Crippen molar-refractivity contribution in [2.24, 2.45) is 5.92 Å². The number of alkyl halides is 1. The van der Waals surface area contributed by atoms with Crippen LogP contribution in [-0.2, 0) is 0 Å². The topological polar surface area (TPSA) is 0 Å². The lowest BCUT2D eigenvalue weighted by Crippen LogP contribution is -2.11. The molecule has 2 rings (SSSR count). The number of hydrogen-bond donors (Lipinski definition) is 0. The summed E-state index contributed by atoms with van der Waals surface area (Å²) in [6.07, 6.45) is 5.32. The minimum Gasteiger partial charge on any atom is -0.126 e. The van der Waals surface area contributed by atoms with Gasteiger partial charge >= 0.3 is 0 Å². The van der Waals surface area contributed by atoms with Crippen molar-refractivity contribution >= 4 is 23.2 Å². The second-order valence-electron chi connectivity index (χ2n) is 4.33.